The highest BCUT2D eigenvalue weighted by atomic mass is 35.5. The molecule has 0 bridgehead atoms. The van der Waals surface area contributed by atoms with Gasteiger partial charge < -0.3 is 5.32 Å². The van der Waals surface area contributed by atoms with E-state index < -0.39 is 10.0 Å². The molecule has 1 amide bonds. The predicted molar refractivity (Wildman–Crippen MR) is 122 cm³/mol. The summed E-state index contributed by atoms with van der Waals surface area (Å²) < 4.78 is 25.6. The number of carbonyl (C=O) groups excluding carboxylic acids is 1. The second-order valence-electron chi connectivity index (χ2n) is 6.36. The standard InChI is InChI=1S/C19H18Cl2N4O3S2/c1-30(27,28)25(16-12-14(20)9-10-15(16)21)11-5-8-17(26)22-19-24-23-18(29-19)13-6-3-2-4-7-13/h2-4,6-7,9-10,12H,5,8,11H2,1H3,(H,22,24,26). The Kier molecular flexibility index (Phi) is 7.30. The molecule has 30 heavy (non-hydrogen) atoms. The molecule has 2 aromatic carbocycles. The van der Waals surface area contributed by atoms with Crippen molar-refractivity contribution in [3.8, 4) is 10.6 Å². The zero-order chi connectivity index (χ0) is 21.7. The molecule has 3 rings (SSSR count). The van der Waals surface area contributed by atoms with E-state index in [-0.39, 0.29) is 36.0 Å². The van der Waals surface area contributed by atoms with E-state index in [1.54, 1.807) is 6.07 Å². The molecule has 0 saturated heterocycles. The molecule has 0 fully saturated rings. The van der Waals surface area contributed by atoms with Gasteiger partial charge in [0.1, 0.15) is 5.01 Å². The lowest BCUT2D eigenvalue weighted by Crippen LogP contribution is -2.31. The number of amides is 1. The van der Waals surface area contributed by atoms with Crippen molar-refractivity contribution in [2.75, 3.05) is 22.4 Å². The van der Waals surface area contributed by atoms with Gasteiger partial charge in [0.2, 0.25) is 21.1 Å². The molecule has 0 aliphatic heterocycles. The molecule has 1 heterocycles. The van der Waals surface area contributed by atoms with Crippen LogP contribution in [0.3, 0.4) is 0 Å². The van der Waals surface area contributed by atoms with Crippen molar-refractivity contribution in [1.82, 2.24) is 10.2 Å². The maximum atomic E-state index is 12.3. The van der Waals surface area contributed by atoms with Gasteiger partial charge in [-0.1, -0.05) is 64.9 Å². The Morgan fingerprint density at radius 3 is 2.57 bits per heavy atom. The van der Waals surface area contributed by atoms with E-state index in [4.69, 9.17) is 23.2 Å². The summed E-state index contributed by atoms with van der Waals surface area (Å²) in [5.74, 6) is -0.281. The monoisotopic (exact) mass is 484 g/mol. The maximum absolute atomic E-state index is 12.3. The minimum atomic E-state index is -3.60. The highest BCUT2D eigenvalue weighted by Gasteiger charge is 2.20. The summed E-state index contributed by atoms with van der Waals surface area (Å²) in [6.45, 7) is 0.0811. The summed E-state index contributed by atoms with van der Waals surface area (Å²) >= 11 is 13.4. The quantitative estimate of drug-likeness (QED) is 0.500. The Morgan fingerprint density at radius 2 is 1.87 bits per heavy atom. The van der Waals surface area contributed by atoms with Crippen molar-refractivity contribution in [1.29, 1.82) is 0 Å². The van der Waals surface area contributed by atoms with E-state index in [1.807, 2.05) is 30.3 Å². The number of benzene rings is 2. The number of halogens is 2. The number of hydrogen-bond acceptors (Lipinski definition) is 6. The molecule has 0 aliphatic carbocycles. The normalized spacial score (nSPS) is 11.3. The van der Waals surface area contributed by atoms with Crippen molar-refractivity contribution >= 4 is 61.3 Å². The number of sulfonamides is 1. The van der Waals surface area contributed by atoms with E-state index >= 15 is 0 Å². The van der Waals surface area contributed by atoms with Gasteiger partial charge in [0.25, 0.3) is 0 Å². The molecule has 0 radical (unpaired) electrons. The lowest BCUT2D eigenvalue weighted by Gasteiger charge is -2.23. The van der Waals surface area contributed by atoms with Gasteiger partial charge in [0, 0.05) is 23.6 Å². The van der Waals surface area contributed by atoms with Crippen LogP contribution >= 0.6 is 34.5 Å². The van der Waals surface area contributed by atoms with Gasteiger partial charge in [0.15, 0.2) is 0 Å². The molecule has 158 valence electrons. The first kappa shape index (κ1) is 22.5. The second kappa shape index (κ2) is 9.74. The smallest absolute Gasteiger partial charge is 0.232 e. The van der Waals surface area contributed by atoms with E-state index in [0.29, 0.717) is 15.2 Å². The van der Waals surface area contributed by atoms with Crippen LogP contribution < -0.4 is 9.62 Å². The number of anilines is 2. The van der Waals surface area contributed by atoms with E-state index in [9.17, 15) is 13.2 Å². The Balaban J connectivity index is 1.60. The molecule has 11 heteroatoms. The first-order valence-corrected chi connectivity index (χ1v) is 12.3. The third-order valence-corrected chi connectivity index (χ3v) is 6.66. The topological polar surface area (TPSA) is 92.3 Å². The number of nitrogens with zero attached hydrogens (tertiary/aromatic N) is 3. The fraction of sp³-hybridized carbons (Fsp3) is 0.211. The van der Waals surface area contributed by atoms with Crippen LogP contribution in [0.1, 0.15) is 12.8 Å². The highest BCUT2D eigenvalue weighted by Crippen LogP contribution is 2.31. The average Bonchev–Trinajstić information content (AvgIpc) is 3.15. The summed E-state index contributed by atoms with van der Waals surface area (Å²) in [5, 5.41) is 12.5. The van der Waals surface area contributed by atoms with Crippen LogP contribution in [0.2, 0.25) is 10.0 Å². The lowest BCUT2D eigenvalue weighted by atomic mass is 10.2. The molecule has 0 aliphatic rings. The number of aromatic nitrogens is 2. The Morgan fingerprint density at radius 1 is 1.13 bits per heavy atom. The predicted octanol–water partition coefficient (Wildman–Crippen LogP) is 4.70. The molecule has 1 aromatic heterocycles. The minimum Gasteiger partial charge on any atom is -0.301 e. The molecule has 7 nitrogen and oxygen atoms in total. The van der Waals surface area contributed by atoms with Gasteiger partial charge in [-0.05, 0) is 24.6 Å². The minimum absolute atomic E-state index is 0.0811. The van der Waals surface area contributed by atoms with Crippen LogP contribution in [0.15, 0.2) is 48.5 Å². The first-order valence-electron chi connectivity index (χ1n) is 8.85. The second-order valence-corrected chi connectivity index (χ2v) is 10.1. The molecule has 3 aromatic rings. The Bertz CT molecular complexity index is 1140. The molecule has 0 saturated carbocycles. The van der Waals surface area contributed by atoms with Gasteiger partial charge in [0.05, 0.1) is 17.0 Å². The van der Waals surface area contributed by atoms with Gasteiger partial charge >= 0.3 is 0 Å². The molecule has 0 unspecified atom stereocenters. The maximum Gasteiger partial charge on any atom is 0.232 e. The third-order valence-electron chi connectivity index (χ3n) is 4.03. The van der Waals surface area contributed by atoms with E-state index in [2.05, 4.69) is 15.5 Å². The highest BCUT2D eigenvalue weighted by molar-refractivity contribution is 7.92. The molecule has 1 N–H and O–H groups in total. The number of rotatable bonds is 8. The Labute approximate surface area is 188 Å². The van der Waals surface area contributed by atoms with Crippen LogP contribution in [-0.4, -0.2) is 37.3 Å². The number of carbonyl (C=O) groups is 1. The largest absolute Gasteiger partial charge is 0.301 e. The fourth-order valence-electron chi connectivity index (χ4n) is 2.68. The fourth-order valence-corrected chi connectivity index (χ4v) is 4.85. The molecular weight excluding hydrogens is 467 g/mol. The van der Waals surface area contributed by atoms with Crippen molar-refractivity contribution in [2.24, 2.45) is 0 Å². The van der Waals surface area contributed by atoms with Crippen LogP contribution in [-0.2, 0) is 14.8 Å². The van der Waals surface area contributed by atoms with Crippen LogP contribution in [0, 0.1) is 0 Å². The van der Waals surface area contributed by atoms with Crippen molar-refractivity contribution in [3.63, 3.8) is 0 Å². The Hall–Kier alpha value is -2.20. The summed E-state index contributed by atoms with van der Waals surface area (Å²) in [4.78, 5) is 12.3. The van der Waals surface area contributed by atoms with Crippen LogP contribution in [0.4, 0.5) is 10.8 Å². The van der Waals surface area contributed by atoms with Crippen molar-refractivity contribution in [2.45, 2.75) is 12.8 Å². The van der Waals surface area contributed by atoms with Gasteiger partial charge in [-0.3, -0.25) is 9.10 Å². The first-order chi connectivity index (χ1) is 14.2. The van der Waals surface area contributed by atoms with Crippen LogP contribution in [0.5, 0.6) is 0 Å². The van der Waals surface area contributed by atoms with Gasteiger partial charge in [-0.25, -0.2) is 8.42 Å². The lowest BCUT2D eigenvalue weighted by molar-refractivity contribution is -0.116. The zero-order valence-electron chi connectivity index (χ0n) is 15.9. The van der Waals surface area contributed by atoms with Gasteiger partial charge in [-0.15, -0.1) is 10.2 Å². The summed E-state index contributed by atoms with van der Waals surface area (Å²) in [6, 6.07) is 14.1. The SMILES string of the molecule is CS(=O)(=O)N(CCCC(=O)Nc1nnc(-c2ccccc2)s1)c1cc(Cl)ccc1Cl. The van der Waals surface area contributed by atoms with Crippen molar-refractivity contribution < 1.29 is 13.2 Å². The summed E-state index contributed by atoms with van der Waals surface area (Å²) in [6.07, 6.45) is 1.47. The average molecular weight is 485 g/mol. The molecule has 0 atom stereocenters. The van der Waals surface area contributed by atoms with Crippen molar-refractivity contribution in [3.05, 3.63) is 58.6 Å². The number of hydrogen-bond donors (Lipinski definition) is 1. The molecule has 0 spiro atoms. The van der Waals surface area contributed by atoms with E-state index in [1.165, 1.54) is 23.5 Å². The zero-order valence-corrected chi connectivity index (χ0v) is 19.0. The van der Waals surface area contributed by atoms with Gasteiger partial charge in [-0.2, -0.15) is 0 Å². The summed E-state index contributed by atoms with van der Waals surface area (Å²) in [5.41, 5.74) is 1.20. The number of nitrogens with one attached hydrogen (secondary N) is 1. The summed E-state index contributed by atoms with van der Waals surface area (Å²) in [7, 11) is -3.60. The van der Waals surface area contributed by atoms with E-state index in [0.717, 1.165) is 16.1 Å². The van der Waals surface area contributed by atoms with Crippen LogP contribution in [0.25, 0.3) is 10.6 Å². The third kappa shape index (κ3) is 5.91. The molecular formula is C19H18Cl2N4O3S2.